The quantitative estimate of drug-likeness (QED) is 0.332. The first-order valence-electron chi connectivity index (χ1n) is 2.33. The Morgan fingerprint density at radius 1 is 1.80 bits per heavy atom. The summed E-state index contributed by atoms with van der Waals surface area (Å²) in [6.07, 6.45) is 0. The van der Waals surface area contributed by atoms with Crippen molar-refractivity contribution in [3.05, 3.63) is 16.0 Å². The predicted molar refractivity (Wildman–Crippen MR) is 36.3 cm³/mol. The Bertz CT molecular complexity index is 214. The van der Waals surface area contributed by atoms with E-state index in [-0.39, 0.29) is 29.6 Å². The Morgan fingerprint density at radius 2 is 2.50 bits per heavy atom. The van der Waals surface area contributed by atoms with Crippen LogP contribution in [0.1, 0.15) is 5.69 Å². The molecule has 0 bridgehead atoms. The average Bonchev–Trinajstić information content (AvgIpc) is 2.17. The number of nitroso groups, excluding NO2 is 1. The molecular formula is C4H5N3NaOS+. The van der Waals surface area contributed by atoms with Gasteiger partial charge >= 0.3 is 29.6 Å². The van der Waals surface area contributed by atoms with Crippen molar-refractivity contribution >= 4 is 16.5 Å². The topological polar surface area (TPSA) is 54.4 Å². The molecule has 0 aliphatic carbocycles. The zero-order valence-corrected chi connectivity index (χ0v) is 8.60. The van der Waals surface area contributed by atoms with Crippen LogP contribution >= 0.6 is 11.3 Å². The van der Waals surface area contributed by atoms with E-state index in [2.05, 4.69) is 15.7 Å². The first-order chi connectivity index (χ1) is 4.33. The van der Waals surface area contributed by atoms with Gasteiger partial charge in [0.05, 0.1) is 11.0 Å². The standard InChI is InChI=1S/C4H5N3OS.Na/c1-3-2-9-4(5-3)6-7-8;/h2H,1H3,(H,5,6,8);/q;+1. The molecule has 48 valence electrons. The minimum Gasteiger partial charge on any atom is -0.224 e. The van der Waals surface area contributed by atoms with Gasteiger partial charge in [0, 0.05) is 5.38 Å². The van der Waals surface area contributed by atoms with Crippen LogP contribution in [-0.4, -0.2) is 4.98 Å². The maximum absolute atomic E-state index is 9.59. The fourth-order valence-electron chi connectivity index (χ4n) is 0.444. The number of anilines is 1. The fraction of sp³-hybridized carbons (Fsp3) is 0.250. The average molecular weight is 166 g/mol. The molecule has 0 saturated carbocycles. The molecule has 0 aromatic carbocycles. The van der Waals surface area contributed by atoms with Crippen LogP contribution in [-0.2, 0) is 0 Å². The molecule has 0 atom stereocenters. The van der Waals surface area contributed by atoms with Crippen LogP contribution in [0, 0.1) is 11.8 Å². The molecule has 6 heteroatoms. The van der Waals surface area contributed by atoms with Crippen LogP contribution in [0.4, 0.5) is 5.13 Å². The van der Waals surface area contributed by atoms with Gasteiger partial charge in [-0.05, 0) is 6.92 Å². The van der Waals surface area contributed by atoms with Crippen molar-refractivity contribution in [2.24, 2.45) is 5.29 Å². The van der Waals surface area contributed by atoms with Gasteiger partial charge in [-0.15, -0.1) is 16.2 Å². The van der Waals surface area contributed by atoms with Gasteiger partial charge in [0.25, 0.3) is 0 Å². The molecule has 0 saturated heterocycles. The zero-order chi connectivity index (χ0) is 6.69. The molecule has 0 aliphatic heterocycles. The van der Waals surface area contributed by atoms with Gasteiger partial charge in [0.1, 0.15) is 0 Å². The molecule has 1 aromatic rings. The Kier molecular flexibility index (Phi) is 4.80. The summed E-state index contributed by atoms with van der Waals surface area (Å²) in [4.78, 5) is 13.5. The van der Waals surface area contributed by atoms with Crippen LogP contribution in [0.25, 0.3) is 0 Å². The van der Waals surface area contributed by atoms with Crippen LogP contribution in [0.2, 0.25) is 0 Å². The van der Waals surface area contributed by atoms with E-state index < -0.39 is 0 Å². The number of nitrogens with zero attached hydrogens (tertiary/aromatic N) is 2. The van der Waals surface area contributed by atoms with E-state index >= 15 is 0 Å². The molecule has 1 rings (SSSR count). The monoisotopic (exact) mass is 166 g/mol. The molecule has 0 fully saturated rings. The summed E-state index contributed by atoms with van der Waals surface area (Å²) >= 11 is 1.36. The molecular weight excluding hydrogens is 161 g/mol. The largest absolute Gasteiger partial charge is 1.00 e. The van der Waals surface area contributed by atoms with E-state index in [0.29, 0.717) is 5.13 Å². The Labute approximate surface area is 84.3 Å². The van der Waals surface area contributed by atoms with Gasteiger partial charge in [0.2, 0.25) is 5.13 Å². The van der Waals surface area contributed by atoms with Crippen LogP contribution in [0.5, 0.6) is 0 Å². The van der Waals surface area contributed by atoms with Gasteiger partial charge in [-0.3, -0.25) is 0 Å². The zero-order valence-electron chi connectivity index (χ0n) is 5.79. The van der Waals surface area contributed by atoms with Crippen molar-refractivity contribution in [1.29, 1.82) is 0 Å². The summed E-state index contributed by atoms with van der Waals surface area (Å²) < 4.78 is 0. The summed E-state index contributed by atoms with van der Waals surface area (Å²) in [5.41, 5.74) is 3.10. The third-order valence-corrected chi connectivity index (χ3v) is 1.63. The molecule has 0 spiro atoms. The van der Waals surface area contributed by atoms with E-state index in [9.17, 15) is 4.91 Å². The van der Waals surface area contributed by atoms with E-state index in [0.717, 1.165) is 5.69 Å². The molecule has 1 aromatic heterocycles. The van der Waals surface area contributed by atoms with E-state index in [4.69, 9.17) is 0 Å². The predicted octanol–water partition coefficient (Wildman–Crippen LogP) is -1.45. The molecule has 1 heterocycles. The summed E-state index contributed by atoms with van der Waals surface area (Å²) in [6.45, 7) is 1.85. The summed E-state index contributed by atoms with van der Waals surface area (Å²) in [5.74, 6) is 0. The molecule has 10 heavy (non-hydrogen) atoms. The van der Waals surface area contributed by atoms with Crippen molar-refractivity contribution in [1.82, 2.24) is 4.98 Å². The van der Waals surface area contributed by atoms with Crippen LogP contribution < -0.4 is 35.0 Å². The second-order valence-corrected chi connectivity index (χ2v) is 2.36. The fourth-order valence-corrected chi connectivity index (χ4v) is 1.07. The third-order valence-electron chi connectivity index (χ3n) is 0.760. The molecule has 0 aliphatic rings. The van der Waals surface area contributed by atoms with Crippen molar-refractivity contribution in [2.45, 2.75) is 6.92 Å². The van der Waals surface area contributed by atoms with E-state index in [1.807, 2.05) is 12.3 Å². The number of rotatable bonds is 2. The molecule has 0 amide bonds. The van der Waals surface area contributed by atoms with Gasteiger partial charge in [0.15, 0.2) is 0 Å². The molecule has 0 radical (unpaired) electrons. The smallest absolute Gasteiger partial charge is 0.224 e. The molecule has 4 nitrogen and oxygen atoms in total. The Hall–Kier alpha value is 0.0300. The minimum absolute atomic E-state index is 0. The van der Waals surface area contributed by atoms with E-state index in [1.54, 1.807) is 0 Å². The SMILES string of the molecule is Cc1csc(NN=O)n1.[Na+]. The van der Waals surface area contributed by atoms with Gasteiger partial charge in [-0.2, -0.15) is 0 Å². The van der Waals surface area contributed by atoms with Gasteiger partial charge < -0.3 is 0 Å². The van der Waals surface area contributed by atoms with Crippen molar-refractivity contribution < 1.29 is 29.6 Å². The van der Waals surface area contributed by atoms with Crippen molar-refractivity contribution in [3.8, 4) is 0 Å². The first-order valence-corrected chi connectivity index (χ1v) is 3.21. The number of hydrogen-bond donors (Lipinski definition) is 1. The normalized spacial score (nSPS) is 8.10. The second kappa shape index (κ2) is 4.79. The van der Waals surface area contributed by atoms with Crippen LogP contribution in [0.3, 0.4) is 0 Å². The first kappa shape index (κ1) is 10.0. The summed E-state index contributed by atoms with van der Waals surface area (Å²) in [7, 11) is 0. The van der Waals surface area contributed by atoms with Gasteiger partial charge in [-0.25, -0.2) is 10.4 Å². The molecule has 0 unspecified atom stereocenters. The second-order valence-electron chi connectivity index (χ2n) is 1.50. The third kappa shape index (κ3) is 2.74. The molecule has 1 N–H and O–H groups in total. The number of aromatic nitrogens is 1. The van der Waals surface area contributed by atoms with Crippen LogP contribution in [0.15, 0.2) is 10.7 Å². The summed E-state index contributed by atoms with van der Waals surface area (Å²) in [6, 6.07) is 0. The van der Waals surface area contributed by atoms with Crippen molar-refractivity contribution in [3.63, 3.8) is 0 Å². The van der Waals surface area contributed by atoms with Gasteiger partial charge in [-0.1, -0.05) is 0 Å². The van der Waals surface area contributed by atoms with Crippen molar-refractivity contribution in [2.75, 3.05) is 5.43 Å². The maximum Gasteiger partial charge on any atom is 1.00 e. The number of aryl methyl sites for hydroxylation is 1. The maximum atomic E-state index is 9.59. The summed E-state index contributed by atoms with van der Waals surface area (Å²) in [5, 5.41) is 4.85. The number of thiazole rings is 1. The number of hydrogen-bond acceptors (Lipinski definition) is 4. The minimum atomic E-state index is 0. The number of nitrogens with one attached hydrogen (secondary N) is 1. The van der Waals surface area contributed by atoms with E-state index in [1.165, 1.54) is 11.3 Å². The Morgan fingerprint density at radius 3 is 2.90 bits per heavy atom. The Balaban J connectivity index is 0.000000810.